The van der Waals surface area contributed by atoms with Crippen molar-refractivity contribution in [3.05, 3.63) is 124 Å². The monoisotopic (exact) mass is 652 g/mol. The van der Waals surface area contributed by atoms with E-state index in [2.05, 4.69) is 0 Å². The van der Waals surface area contributed by atoms with Gasteiger partial charge in [0.05, 0.1) is 38.8 Å². The molecule has 4 N–H and O–H groups in total. The fourth-order valence-corrected chi connectivity index (χ4v) is 7.41. The Morgan fingerprint density at radius 3 is 2.15 bits per heavy atom. The first-order valence-corrected chi connectivity index (χ1v) is 14.9. The van der Waals surface area contributed by atoms with Crippen LogP contribution in [0.1, 0.15) is 77.4 Å². The number of carbonyl (C=O) groups is 3. The molecule has 0 heterocycles. The lowest BCUT2D eigenvalue weighted by molar-refractivity contribution is -0.150. The Morgan fingerprint density at radius 2 is 1.52 bits per heavy atom. The third-order valence-corrected chi connectivity index (χ3v) is 9.23. The number of aromatic hydroxyl groups is 2. The number of carbonyl (C=O) groups excluding carboxylic acids is 3. The van der Waals surface area contributed by atoms with Crippen LogP contribution in [0.25, 0.3) is 17.4 Å². The molecule has 0 saturated heterocycles. The van der Waals surface area contributed by atoms with Crippen molar-refractivity contribution < 1.29 is 39.5 Å². The molecule has 0 bridgehead atoms. The van der Waals surface area contributed by atoms with E-state index in [4.69, 9.17) is 4.74 Å². The number of allylic oxidation sites excluding steroid dienone is 1. The highest BCUT2D eigenvalue weighted by Crippen LogP contribution is 2.52. The maximum atomic E-state index is 14.0. The summed E-state index contributed by atoms with van der Waals surface area (Å²) in [7, 11) is 0. The zero-order valence-electron chi connectivity index (χ0n) is 26.3. The smallest absolute Gasteiger partial charge is 0.302 e. The number of ether oxygens (including phenoxy) is 1. The third-order valence-electron chi connectivity index (χ3n) is 9.23. The van der Waals surface area contributed by atoms with Gasteiger partial charge >= 0.3 is 5.97 Å². The van der Waals surface area contributed by atoms with Crippen LogP contribution in [0, 0.1) is 27.8 Å². The molecule has 0 aromatic heterocycles. The van der Waals surface area contributed by atoms with Crippen molar-refractivity contribution in [1.29, 1.82) is 0 Å². The van der Waals surface area contributed by atoms with Gasteiger partial charge in [0.1, 0.15) is 17.6 Å². The molecule has 3 atom stereocenters. The zero-order valence-corrected chi connectivity index (χ0v) is 26.3. The van der Waals surface area contributed by atoms with E-state index in [0.717, 1.165) is 31.2 Å². The van der Waals surface area contributed by atoms with Crippen LogP contribution in [0.15, 0.2) is 43.5 Å². The van der Waals surface area contributed by atoms with Gasteiger partial charge in [-0.15, -0.1) is 0 Å². The molecule has 12 nitrogen and oxygen atoms in total. The molecule has 0 saturated carbocycles. The molecule has 0 amide bonds. The Kier molecular flexibility index (Phi) is 7.14. The number of Topliss-reactive ketones (excluding diaryl/α,β-unsaturated/α-hetero) is 2. The van der Waals surface area contributed by atoms with Crippen molar-refractivity contribution in [1.82, 2.24) is 0 Å². The summed E-state index contributed by atoms with van der Waals surface area (Å²) in [6.45, 7) is 6.68. The summed E-state index contributed by atoms with van der Waals surface area (Å²) in [4.78, 5) is 93.1. The van der Waals surface area contributed by atoms with Crippen LogP contribution in [0.4, 0.5) is 0 Å². The normalized spacial score (nSPS) is 21.2. The van der Waals surface area contributed by atoms with E-state index in [1.54, 1.807) is 0 Å². The van der Waals surface area contributed by atoms with Gasteiger partial charge in [0, 0.05) is 50.9 Å². The highest BCUT2D eigenvalue weighted by molar-refractivity contribution is 6.32. The molecule has 0 radical (unpaired) electrons. The number of hydrogen-bond donors (Lipinski definition) is 4. The van der Waals surface area contributed by atoms with Crippen LogP contribution in [0.3, 0.4) is 0 Å². The highest BCUT2D eigenvalue weighted by Gasteiger charge is 2.50. The predicted molar refractivity (Wildman–Crippen MR) is 170 cm³/mol. The molecule has 5 aliphatic rings. The van der Waals surface area contributed by atoms with Gasteiger partial charge in [0.15, 0.2) is 27.9 Å². The van der Waals surface area contributed by atoms with Crippen LogP contribution >= 0.6 is 0 Å². The number of hydrogen-bond acceptors (Lipinski definition) is 12. The summed E-state index contributed by atoms with van der Waals surface area (Å²) >= 11 is 0. The third kappa shape index (κ3) is 4.36. The first-order chi connectivity index (χ1) is 22.4. The number of fused-ring (bicyclic) bond motifs is 2. The Hall–Kier alpha value is -5.75. The lowest BCUT2D eigenvalue weighted by Crippen LogP contribution is -2.46. The number of aliphatic hydroxyl groups excluding tert-OH is 1. The maximum absolute atomic E-state index is 14.0. The maximum Gasteiger partial charge on any atom is 0.302 e. The second-order valence-electron chi connectivity index (χ2n) is 12.5. The van der Waals surface area contributed by atoms with E-state index in [0.29, 0.717) is 0 Å². The van der Waals surface area contributed by atoms with Gasteiger partial charge < -0.3 is 25.2 Å². The van der Waals surface area contributed by atoms with Crippen molar-refractivity contribution >= 4 is 34.9 Å². The Bertz CT molecular complexity index is 2710. The Labute approximate surface area is 268 Å². The average molecular weight is 653 g/mol. The molecular formula is C36H28O12. The number of rotatable bonds is 2. The summed E-state index contributed by atoms with van der Waals surface area (Å²) in [6.07, 6.45) is 0.733. The minimum atomic E-state index is -1.82. The topological polar surface area (TPSA) is 210 Å². The molecule has 0 aliphatic heterocycles. The first kappa shape index (κ1) is 32.2. The van der Waals surface area contributed by atoms with E-state index in [-0.39, 0.29) is 48.9 Å². The molecular weight excluding hydrogens is 624 g/mol. The summed E-state index contributed by atoms with van der Waals surface area (Å²) in [6, 6.07) is 3.36. The van der Waals surface area contributed by atoms with E-state index >= 15 is 0 Å². The number of aliphatic hydroxyl groups is 2. The number of ketones is 2. The molecule has 6 rings (SSSR count). The summed E-state index contributed by atoms with van der Waals surface area (Å²) in [5, 5.41) is 42.1. The SMILES string of the molecule is CC(=O)OC(C)[C@@H]1c2c(O)c3c(c(O)c2C(=O)C[C@]1(C)O)C(=O)/C(=c1\ccc2c(=O)c4/c(=C(\C)O)c(C)cc(=O)c=4c(=O)c=2c1=O)C=C3. The van der Waals surface area contributed by atoms with Crippen LogP contribution in [0.5, 0.6) is 11.5 Å². The molecule has 1 aromatic carbocycles. The largest absolute Gasteiger partial charge is 0.512 e. The zero-order chi connectivity index (χ0) is 35.3. The highest BCUT2D eigenvalue weighted by atomic mass is 16.5. The number of esters is 1. The van der Waals surface area contributed by atoms with E-state index in [1.165, 1.54) is 33.8 Å². The molecule has 5 aliphatic carbocycles. The van der Waals surface area contributed by atoms with Crippen molar-refractivity contribution in [2.75, 3.05) is 0 Å². The molecule has 1 aromatic rings. The number of aryl methyl sites for hydroxylation is 1. The molecule has 0 spiro atoms. The number of phenolic OH excluding ortho intramolecular Hbond substituents is 2. The molecule has 12 heteroatoms. The van der Waals surface area contributed by atoms with Crippen LogP contribution in [-0.2, 0) is 9.53 Å². The lowest BCUT2D eigenvalue weighted by atomic mass is 9.67. The second-order valence-corrected chi connectivity index (χ2v) is 12.5. The van der Waals surface area contributed by atoms with Crippen molar-refractivity contribution in [2.45, 2.75) is 58.7 Å². The fourth-order valence-electron chi connectivity index (χ4n) is 7.41. The van der Waals surface area contributed by atoms with Gasteiger partial charge in [-0.05, 0) is 63.6 Å². The van der Waals surface area contributed by atoms with E-state index < -0.39 is 96.4 Å². The van der Waals surface area contributed by atoms with Gasteiger partial charge in [-0.1, -0.05) is 0 Å². The summed E-state index contributed by atoms with van der Waals surface area (Å²) < 4.78 is 5.27. The Morgan fingerprint density at radius 1 is 0.896 bits per heavy atom. The van der Waals surface area contributed by atoms with Gasteiger partial charge in [0.25, 0.3) is 0 Å². The average Bonchev–Trinajstić information content (AvgIpc) is 2.96. The van der Waals surface area contributed by atoms with Gasteiger partial charge in [0.2, 0.25) is 5.43 Å². The minimum Gasteiger partial charge on any atom is -0.512 e. The molecule has 48 heavy (non-hydrogen) atoms. The van der Waals surface area contributed by atoms with Crippen molar-refractivity contribution in [3.63, 3.8) is 0 Å². The Balaban J connectivity index is 1.68. The summed E-state index contributed by atoms with van der Waals surface area (Å²) in [5.41, 5.74) is -7.13. The minimum absolute atomic E-state index is 0.000613. The molecule has 0 fully saturated rings. The molecule has 244 valence electrons. The summed E-state index contributed by atoms with van der Waals surface area (Å²) in [5.74, 6) is -5.46. The lowest BCUT2D eigenvalue weighted by Gasteiger charge is -2.41. The van der Waals surface area contributed by atoms with Gasteiger partial charge in [-0.3, -0.25) is 33.6 Å². The van der Waals surface area contributed by atoms with E-state index in [1.807, 2.05) is 0 Å². The predicted octanol–water partition coefficient (Wildman–Crippen LogP) is 0.291. The quantitative estimate of drug-likeness (QED) is 0.170. The molecule has 1 unspecified atom stereocenters. The van der Waals surface area contributed by atoms with Crippen molar-refractivity contribution in [2.24, 2.45) is 0 Å². The van der Waals surface area contributed by atoms with Gasteiger partial charge in [-0.2, -0.15) is 0 Å². The van der Waals surface area contributed by atoms with Gasteiger partial charge in [-0.25, -0.2) is 0 Å². The van der Waals surface area contributed by atoms with E-state index in [9.17, 15) is 54.0 Å². The first-order valence-electron chi connectivity index (χ1n) is 14.9. The van der Waals surface area contributed by atoms with Crippen molar-refractivity contribution in [3.8, 4) is 11.5 Å². The van der Waals surface area contributed by atoms with Crippen LogP contribution in [-0.4, -0.2) is 49.7 Å². The number of benzene rings is 1. The number of phenols is 2. The fraction of sp³-hybridized carbons (Fsp3) is 0.250. The van der Waals surface area contributed by atoms with Crippen LogP contribution < -0.4 is 32.2 Å². The standard InChI is InChI=1S/C36H28O12/c1-12-10-20(39)25-27(22(12)13(2)37)32(43)18-8-6-16(30(41)23(18)34(25)45)17-7-9-19-24(31(17)42)35(46)26-21(40)11-36(5,47)29(28(26)33(19)44)14(3)48-15(4)38/h6-10,14,29,37,44,46-47H,11H2,1-5H3/b17-16+,22-13+/t14?,29-,36+/m1/s1. The van der Waals surface area contributed by atoms with Crippen LogP contribution in [0.2, 0.25) is 0 Å². The second kappa shape index (κ2) is 10.6.